The SMILES string of the molecule is COC(=O)c1ccc(N/N=C(\N=Nc2nc3ccccc3s2)C(C)C)cc1. The number of hydrazone groups is 1. The van der Waals surface area contributed by atoms with Gasteiger partial charge in [-0.25, -0.2) is 9.78 Å². The molecule has 0 saturated heterocycles. The van der Waals surface area contributed by atoms with E-state index in [4.69, 9.17) is 0 Å². The molecule has 8 heteroatoms. The highest BCUT2D eigenvalue weighted by Crippen LogP contribution is 2.28. The number of carbonyl (C=O) groups is 1. The van der Waals surface area contributed by atoms with Crippen molar-refractivity contribution in [2.75, 3.05) is 12.5 Å². The number of para-hydroxylation sites is 1. The first-order chi connectivity index (χ1) is 13.1. The molecule has 0 saturated carbocycles. The van der Waals surface area contributed by atoms with E-state index in [1.54, 1.807) is 24.3 Å². The number of methoxy groups -OCH3 is 1. The lowest BCUT2D eigenvalue weighted by atomic mass is 10.2. The van der Waals surface area contributed by atoms with Gasteiger partial charge in [0.1, 0.15) is 0 Å². The monoisotopic (exact) mass is 381 g/mol. The Hall–Kier alpha value is -3.13. The fourth-order valence-electron chi connectivity index (χ4n) is 2.18. The molecule has 0 aliphatic rings. The van der Waals surface area contributed by atoms with Crippen LogP contribution >= 0.6 is 11.3 Å². The lowest BCUT2D eigenvalue weighted by Gasteiger charge is -2.06. The summed E-state index contributed by atoms with van der Waals surface area (Å²) in [6.07, 6.45) is 0. The summed E-state index contributed by atoms with van der Waals surface area (Å²) in [4.78, 5) is 15.9. The minimum atomic E-state index is -0.377. The number of benzene rings is 2. The Balaban J connectivity index is 1.73. The second kappa shape index (κ2) is 8.50. The second-order valence-electron chi connectivity index (χ2n) is 5.97. The predicted molar refractivity (Wildman–Crippen MR) is 108 cm³/mol. The van der Waals surface area contributed by atoms with Gasteiger partial charge in [0, 0.05) is 5.92 Å². The Kier molecular flexibility index (Phi) is 5.87. The van der Waals surface area contributed by atoms with Gasteiger partial charge in [-0.2, -0.15) is 5.10 Å². The van der Waals surface area contributed by atoms with Gasteiger partial charge >= 0.3 is 5.97 Å². The zero-order valence-corrected chi connectivity index (χ0v) is 16.0. The summed E-state index contributed by atoms with van der Waals surface area (Å²) >= 11 is 1.48. The molecule has 1 heterocycles. The van der Waals surface area contributed by atoms with Crippen molar-refractivity contribution in [3.05, 3.63) is 54.1 Å². The Morgan fingerprint density at radius 1 is 1.15 bits per heavy atom. The summed E-state index contributed by atoms with van der Waals surface area (Å²) in [5, 5.41) is 13.4. The molecule has 3 aromatic rings. The summed E-state index contributed by atoms with van der Waals surface area (Å²) < 4.78 is 5.75. The van der Waals surface area contributed by atoms with Crippen LogP contribution in [0.4, 0.5) is 10.8 Å². The number of hydrogen-bond donors (Lipinski definition) is 1. The first-order valence-corrected chi connectivity index (χ1v) is 9.17. The van der Waals surface area contributed by atoms with Gasteiger partial charge in [0.15, 0.2) is 5.84 Å². The van der Waals surface area contributed by atoms with E-state index in [1.807, 2.05) is 38.1 Å². The van der Waals surface area contributed by atoms with Crippen molar-refractivity contribution in [3.8, 4) is 0 Å². The maximum absolute atomic E-state index is 11.5. The Bertz CT molecular complexity index is 960. The molecule has 0 atom stereocenters. The van der Waals surface area contributed by atoms with Crippen LogP contribution in [0.3, 0.4) is 0 Å². The van der Waals surface area contributed by atoms with Gasteiger partial charge < -0.3 is 4.74 Å². The van der Waals surface area contributed by atoms with E-state index in [1.165, 1.54) is 18.4 Å². The van der Waals surface area contributed by atoms with Crippen LogP contribution in [0.5, 0.6) is 0 Å². The molecule has 27 heavy (non-hydrogen) atoms. The van der Waals surface area contributed by atoms with E-state index < -0.39 is 0 Å². The third kappa shape index (κ3) is 4.73. The number of esters is 1. The first kappa shape index (κ1) is 18.7. The fraction of sp³-hybridized carbons (Fsp3) is 0.211. The normalized spacial score (nSPS) is 12.1. The zero-order valence-electron chi connectivity index (χ0n) is 15.2. The number of azo groups is 1. The maximum atomic E-state index is 11.5. The zero-order chi connectivity index (χ0) is 19.2. The van der Waals surface area contributed by atoms with E-state index in [9.17, 15) is 4.79 Å². The van der Waals surface area contributed by atoms with E-state index in [2.05, 4.69) is 30.5 Å². The van der Waals surface area contributed by atoms with Crippen molar-refractivity contribution in [1.82, 2.24) is 4.98 Å². The lowest BCUT2D eigenvalue weighted by molar-refractivity contribution is 0.0601. The highest BCUT2D eigenvalue weighted by Gasteiger charge is 2.07. The molecule has 0 radical (unpaired) electrons. The number of thiazole rings is 1. The fourth-order valence-corrected chi connectivity index (χ4v) is 2.97. The number of anilines is 1. The molecule has 1 N–H and O–H groups in total. The van der Waals surface area contributed by atoms with Crippen LogP contribution in [-0.4, -0.2) is 23.9 Å². The third-order valence-corrected chi connectivity index (χ3v) is 4.56. The molecule has 7 nitrogen and oxygen atoms in total. The Morgan fingerprint density at radius 3 is 2.56 bits per heavy atom. The molecule has 1 aromatic heterocycles. The van der Waals surface area contributed by atoms with Gasteiger partial charge in [0.2, 0.25) is 5.13 Å². The molecule has 138 valence electrons. The molecule has 0 fully saturated rings. The molecule has 0 aliphatic carbocycles. The van der Waals surface area contributed by atoms with Gasteiger partial charge in [-0.3, -0.25) is 5.43 Å². The molecule has 0 aliphatic heterocycles. The second-order valence-corrected chi connectivity index (χ2v) is 6.98. The maximum Gasteiger partial charge on any atom is 0.337 e. The first-order valence-electron chi connectivity index (χ1n) is 8.36. The molecule has 3 rings (SSSR count). The summed E-state index contributed by atoms with van der Waals surface area (Å²) in [5.74, 6) is 0.244. The van der Waals surface area contributed by atoms with E-state index in [-0.39, 0.29) is 11.9 Å². The van der Waals surface area contributed by atoms with E-state index >= 15 is 0 Å². The van der Waals surface area contributed by atoms with Crippen LogP contribution in [0.2, 0.25) is 0 Å². The molecular weight excluding hydrogens is 362 g/mol. The smallest absolute Gasteiger partial charge is 0.337 e. The number of carbonyl (C=O) groups excluding carboxylic acids is 1. The van der Waals surface area contributed by atoms with Gasteiger partial charge in [-0.15, -0.1) is 10.2 Å². The highest BCUT2D eigenvalue weighted by atomic mass is 32.1. The van der Waals surface area contributed by atoms with Gasteiger partial charge in [0.25, 0.3) is 0 Å². The largest absolute Gasteiger partial charge is 0.465 e. The predicted octanol–water partition coefficient (Wildman–Crippen LogP) is 5.25. The van der Waals surface area contributed by atoms with Gasteiger partial charge in [-0.05, 0) is 36.4 Å². The minimum Gasteiger partial charge on any atom is -0.465 e. The minimum absolute atomic E-state index is 0.0740. The Morgan fingerprint density at radius 2 is 1.89 bits per heavy atom. The van der Waals surface area contributed by atoms with Crippen LogP contribution in [0.1, 0.15) is 24.2 Å². The van der Waals surface area contributed by atoms with Gasteiger partial charge in [0.05, 0.1) is 28.6 Å². The van der Waals surface area contributed by atoms with Crippen molar-refractivity contribution in [2.24, 2.45) is 21.2 Å². The van der Waals surface area contributed by atoms with E-state index in [0.717, 1.165) is 15.9 Å². The topological polar surface area (TPSA) is 88.3 Å². The van der Waals surface area contributed by atoms with Crippen molar-refractivity contribution in [1.29, 1.82) is 0 Å². The molecule has 0 bridgehead atoms. The molecule has 2 aromatic carbocycles. The third-order valence-electron chi connectivity index (χ3n) is 3.64. The molecule has 0 amide bonds. The van der Waals surface area contributed by atoms with Crippen LogP contribution in [0.15, 0.2) is 63.9 Å². The van der Waals surface area contributed by atoms with Crippen molar-refractivity contribution >= 4 is 44.2 Å². The van der Waals surface area contributed by atoms with Crippen LogP contribution in [0.25, 0.3) is 10.2 Å². The van der Waals surface area contributed by atoms with Crippen molar-refractivity contribution in [3.63, 3.8) is 0 Å². The summed E-state index contributed by atoms with van der Waals surface area (Å²) in [7, 11) is 1.35. The molecule has 0 spiro atoms. The average Bonchev–Trinajstić information content (AvgIpc) is 3.10. The van der Waals surface area contributed by atoms with Crippen molar-refractivity contribution < 1.29 is 9.53 Å². The van der Waals surface area contributed by atoms with Gasteiger partial charge in [-0.1, -0.05) is 37.3 Å². The highest BCUT2D eigenvalue weighted by molar-refractivity contribution is 7.21. The quantitative estimate of drug-likeness (QED) is 0.215. The number of hydrogen-bond acceptors (Lipinski definition) is 7. The van der Waals surface area contributed by atoms with Crippen LogP contribution in [-0.2, 0) is 4.74 Å². The number of nitrogens with zero attached hydrogens (tertiary/aromatic N) is 4. The average molecular weight is 381 g/mol. The number of fused-ring (bicyclic) bond motifs is 1. The number of nitrogens with one attached hydrogen (secondary N) is 1. The number of amidine groups is 1. The number of rotatable bonds is 5. The molecular formula is C19H19N5O2S. The number of aromatic nitrogens is 1. The molecule has 0 unspecified atom stereocenters. The van der Waals surface area contributed by atoms with Crippen LogP contribution < -0.4 is 5.43 Å². The lowest BCUT2D eigenvalue weighted by Crippen LogP contribution is -2.07. The Labute approximate surface area is 160 Å². The standard InChI is InChI=1S/C19H19N5O2S/c1-12(2)17(22-21-14-10-8-13(9-11-14)18(25)26-3)23-24-19-20-15-6-4-5-7-16(15)27-19/h4-12,21H,1-3H3/b22-17-,24-23?. The van der Waals surface area contributed by atoms with Crippen molar-refractivity contribution in [2.45, 2.75) is 13.8 Å². The summed E-state index contributed by atoms with van der Waals surface area (Å²) in [6, 6.07) is 14.7. The summed E-state index contributed by atoms with van der Waals surface area (Å²) in [5.41, 5.74) is 5.05. The van der Waals surface area contributed by atoms with E-state index in [0.29, 0.717) is 16.5 Å². The summed E-state index contributed by atoms with van der Waals surface area (Å²) in [6.45, 7) is 3.97. The number of ether oxygens (including phenoxy) is 1. The van der Waals surface area contributed by atoms with Crippen LogP contribution in [0, 0.1) is 5.92 Å².